The molecular formula is C18H28IN3O. The molecule has 2 aliphatic carbocycles. The van der Waals surface area contributed by atoms with Crippen LogP contribution in [0.5, 0.6) is 5.75 Å². The van der Waals surface area contributed by atoms with E-state index in [4.69, 9.17) is 15.5 Å². The number of anilines is 1. The van der Waals surface area contributed by atoms with Gasteiger partial charge in [-0.25, -0.2) is 4.99 Å². The van der Waals surface area contributed by atoms with Crippen molar-refractivity contribution in [2.45, 2.75) is 64.5 Å². The number of rotatable bonds is 4. The minimum Gasteiger partial charge on any atom is -0.491 e. The van der Waals surface area contributed by atoms with Crippen LogP contribution in [0.3, 0.4) is 0 Å². The molecule has 3 rings (SSSR count). The normalized spacial score (nSPS) is 22.6. The molecule has 128 valence electrons. The molecule has 0 bridgehead atoms. The first-order valence-electron chi connectivity index (χ1n) is 8.44. The molecule has 0 aliphatic heterocycles. The Labute approximate surface area is 156 Å². The van der Waals surface area contributed by atoms with E-state index in [1.807, 2.05) is 38.1 Å². The molecule has 0 aromatic heterocycles. The van der Waals surface area contributed by atoms with Gasteiger partial charge in [-0.3, -0.25) is 0 Å². The van der Waals surface area contributed by atoms with Gasteiger partial charge in [-0.05, 0) is 69.2 Å². The third-order valence-electron chi connectivity index (χ3n) is 5.02. The van der Waals surface area contributed by atoms with E-state index >= 15 is 0 Å². The fraction of sp³-hybridized carbons (Fsp3) is 0.611. The molecule has 4 nitrogen and oxygen atoms in total. The lowest BCUT2D eigenvalue weighted by Gasteiger charge is -2.45. The van der Waals surface area contributed by atoms with Gasteiger partial charge in [-0.15, -0.1) is 24.0 Å². The highest BCUT2D eigenvalue weighted by atomic mass is 127. The Kier molecular flexibility index (Phi) is 6.17. The van der Waals surface area contributed by atoms with Gasteiger partial charge < -0.3 is 15.8 Å². The molecule has 1 aromatic carbocycles. The number of hydrogen-bond donors (Lipinski definition) is 2. The molecule has 1 aromatic rings. The monoisotopic (exact) mass is 429 g/mol. The quantitative estimate of drug-likeness (QED) is 0.420. The van der Waals surface area contributed by atoms with E-state index in [1.54, 1.807) is 0 Å². The summed E-state index contributed by atoms with van der Waals surface area (Å²) in [6, 6.07) is 8.29. The smallest absolute Gasteiger partial charge is 0.193 e. The molecule has 1 atom stereocenters. The maximum Gasteiger partial charge on any atom is 0.193 e. The lowest BCUT2D eigenvalue weighted by atomic mass is 9.63. The van der Waals surface area contributed by atoms with Crippen molar-refractivity contribution >= 4 is 35.6 Å². The van der Waals surface area contributed by atoms with E-state index < -0.39 is 0 Å². The second-order valence-corrected chi connectivity index (χ2v) is 6.95. The van der Waals surface area contributed by atoms with Gasteiger partial charge in [0.1, 0.15) is 5.75 Å². The van der Waals surface area contributed by atoms with Gasteiger partial charge in [0, 0.05) is 5.69 Å². The Morgan fingerprint density at radius 3 is 2.39 bits per heavy atom. The molecule has 0 heterocycles. The first-order valence-corrected chi connectivity index (χ1v) is 8.44. The largest absolute Gasteiger partial charge is 0.491 e. The van der Waals surface area contributed by atoms with E-state index in [2.05, 4.69) is 5.32 Å². The average Bonchev–Trinajstić information content (AvgIpc) is 2.97. The summed E-state index contributed by atoms with van der Waals surface area (Å²) >= 11 is 0. The average molecular weight is 429 g/mol. The maximum absolute atomic E-state index is 6.09. The summed E-state index contributed by atoms with van der Waals surface area (Å²) in [6.07, 6.45) is 8.07. The molecule has 23 heavy (non-hydrogen) atoms. The van der Waals surface area contributed by atoms with Crippen molar-refractivity contribution in [1.82, 2.24) is 0 Å². The molecule has 5 heteroatoms. The van der Waals surface area contributed by atoms with Crippen LogP contribution in [0.2, 0.25) is 0 Å². The lowest BCUT2D eigenvalue weighted by Crippen LogP contribution is -2.43. The van der Waals surface area contributed by atoms with Gasteiger partial charge in [0.15, 0.2) is 5.96 Å². The first kappa shape index (κ1) is 18.4. The third kappa shape index (κ3) is 4.31. The number of nitrogens with one attached hydrogen (secondary N) is 1. The first-order chi connectivity index (χ1) is 10.6. The van der Waals surface area contributed by atoms with Crippen LogP contribution in [0.25, 0.3) is 0 Å². The Morgan fingerprint density at radius 1 is 1.22 bits per heavy atom. The number of nitrogens with two attached hydrogens (primary N) is 1. The fourth-order valence-corrected chi connectivity index (χ4v) is 3.78. The lowest BCUT2D eigenvalue weighted by molar-refractivity contribution is 0.104. The number of benzene rings is 1. The minimum atomic E-state index is 0. The molecule has 1 unspecified atom stereocenters. The number of halogens is 1. The summed E-state index contributed by atoms with van der Waals surface area (Å²) in [5.74, 6) is 1.41. The predicted molar refractivity (Wildman–Crippen MR) is 107 cm³/mol. The van der Waals surface area contributed by atoms with E-state index in [0.717, 1.165) is 11.4 Å². The zero-order chi connectivity index (χ0) is 15.6. The molecule has 1 spiro atoms. The van der Waals surface area contributed by atoms with Gasteiger partial charge in [0.05, 0.1) is 12.1 Å². The van der Waals surface area contributed by atoms with Gasteiger partial charge in [-0.2, -0.15) is 0 Å². The molecule has 0 saturated heterocycles. The van der Waals surface area contributed by atoms with Crippen molar-refractivity contribution in [1.29, 1.82) is 0 Å². The number of guanidine groups is 1. The Hall–Kier alpha value is -0.980. The van der Waals surface area contributed by atoms with Crippen molar-refractivity contribution in [3.05, 3.63) is 24.3 Å². The predicted octanol–water partition coefficient (Wildman–Crippen LogP) is 4.54. The van der Waals surface area contributed by atoms with Crippen LogP contribution in [0.4, 0.5) is 5.69 Å². The molecule has 3 N–H and O–H groups in total. The van der Waals surface area contributed by atoms with Crippen LogP contribution >= 0.6 is 24.0 Å². The number of aliphatic imine (C=N–C) groups is 1. The summed E-state index contributed by atoms with van der Waals surface area (Å²) in [6.45, 7) is 4.04. The van der Waals surface area contributed by atoms with E-state index in [1.165, 1.54) is 38.5 Å². The minimum absolute atomic E-state index is 0. The van der Waals surface area contributed by atoms with Crippen LogP contribution in [0.1, 0.15) is 52.4 Å². The Balaban J connectivity index is 0.00000192. The van der Waals surface area contributed by atoms with Crippen molar-refractivity contribution < 1.29 is 4.74 Å². The van der Waals surface area contributed by atoms with Crippen LogP contribution in [0.15, 0.2) is 29.3 Å². The van der Waals surface area contributed by atoms with E-state index in [0.29, 0.717) is 17.4 Å². The van der Waals surface area contributed by atoms with Gasteiger partial charge in [0.2, 0.25) is 0 Å². The summed E-state index contributed by atoms with van der Waals surface area (Å²) in [4.78, 5) is 4.74. The van der Waals surface area contributed by atoms with Crippen LogP contribution in [-0.4, -0.2) is 18.1 Å². The number of hydrogen-bond acceptors (Lipinski definition) is 2. The van der Waals surface area contributed by atoms with Crippen LogP contribution in [-0.2, 0) is 0 Å². The highest BCUT2D eigenvalue weighted by molar-refractivity contribution is 14.0. The molecule has 2 aliphatic rings. The molecule has 2 fully saturated rings. The standard InChI is InChI=1S/C18H27N3O.HI/c1-13(2)22-15-7-5-14(6-8-15)20-17(19)21-16-9-12-18(16)10-3-4-11-18;/h5-8,13,16H,3-4,9-12H2,1-2H3,(H3,19,20,21);1H. The summed E-state index contributed by atoms with van der Waals surface area (Å²) < 4.78 is 5.64. The SMILES string of the molecule is CC(C)Oc1ccc(NC(N)=NC2CCC23CCCC3)cc1.I. The van der Waals surface area contributed by atoms with Crippen molar-refractivity contribution in [3.63, 3.8) is 0 Å². The maximum atomic E-state index is 6.09. The summed E-state index contributed by atoms with van der Waals surface area (Å²) in [5.41, 5.74) is 7.52. The zero-order valence-corrected chi connectivity index (χ0v) is 16.4. The van der Waals surface area contributed by atoms with Crippen molar-refractivity contribution in [2.24, 2.45) is 16.1 Å². The second kappa shape index (κ2) is 7.73. The zero-order valence-electron chi connectivity index (χ0n) is 14.0. The van der Waals surface area contributed by atoms with Crippen molar-refractivity contribution in [2.75, 3.05) is 5.32 Å². The van der Waals surface area contributed by atoms with Crippen LogP contribution in [0, 0.1) is 5.41 Å². The van der Waals surface area contributed by atoms with Crippen LogP contribution < -0.4 is 15.8 Å². The third-order valence-corrected chi connectivity index (χ3v) is 5.02. The summed E-state index contributed by atoms with van der Waals surface area (Å²) in [7, 11) is 0. The van der Waals surface area contributed by atoms with Crippen molar-refractivity contribution in [3.8, 4) is 5.75 Å². The fourth-order valence-electron chi connectivity index (χ4n) is 3.78. The molecule has 2 saturated carbocycles. The summed E-state index contributed by atoms with van der Waals surface area (Å²) in [5, 5.41) is 3.20. The van der Waals surface area contributed by atoms with E-state index in [9.17, 15) is 0 Å². The molecule has 0 amide bonds. The van der Waals surface area contributed by atoms with Gasteiger partial charge in [-0.1, -0.05) is 12.8 Å². The second-order valence-electron chi connectivity index (χ2n) is 6.95. The molecular weight excluding hydrogens is 401 g/mol. The highest BCUT2D eigenvalue weighted by Gasteiger charge is 2.48. The Morgan fingerprint density at radius 2 is 1.87 bits per heavy atom. The van der Waals surface area contributed by atoms with Gasteiger partial charge in [0.25, 0.3) is 0 Å². The Bertz CT molecular complexity index is 536. The molecule has 0 radical (unpaired) electrons. The topological polar surface area (TPSA) is 59.6 Å². The van der Waals surface area contributed by atoms with E-state index in [-0.39, 0.29) is 30.1 Å². The number of nitrogens with zero attached hydrogens (tertiary/aromatic N) is 1. The number of ether oxygens (including phenoxy) is 1. The van der Waals surface area contributed by atoms with Gasteiger partial charge >= 0.3 is 0 Å². The highest BCUT2D eigenvalue weighted by Crippen LogP contribution is 2.54.